The fourth-order valence-electron chi connectivity index (χ4n) is 3.47. The minimum absolute atomic E-state index is 0.105. The van der Waals surface area contributed by atoms with Crippen LogP contribution in [0.1, 0.15) is 16.8 Å². The Morgan fingerprint density at radius 1 is 1.25 bits per heavy atom. The standard InChI is InChI=1S/C21H21FN4O2/c1-28-19-7-2-13(10-17(19)22)11-26-9-8-16-18(12-26)24-20(25-21(16)27)14-3-5-15(23)6-4-14/h2-7,10H,8-9,11-12,23H2,1H3,(H,24,25,27). The molecule has 7 heteroatoms. The third kappa shape index (κ3) is 3.61. The van der Waals surface area contributed by atoms with Crippen LogP contribution >= 0.6 is 0 Å². The summed E-state index contributed by atoms with van der Waals surface area (Å²) in [6.07, 6.45) is 0.609. The molecule has 6 nitrogen and oxygen atoms in total. The highest BCUT2D eigenvalue weighted by Gasteiger charge is 2.22. The van der Waals surface area contributed by atoms with Crippen molar-refractivity contribution in [1.29, 1.82) is 0 Å². The summed E-state index contributed by atoms with van der Waals surface area (Å²) in [6, 6.07) is 12.2. The van der Waals surface area contributed by atoms with Gasteiger partial charge in [-0.3, -0.25) is 9.69 Å². The number of nitrogens with zero attached hydrogens (tertiary/aromatic N) is 2. The molecule has 4 rings (SSSR count). The van der Waals surface area contributed by atoms with Crippen molar-refractivity contribution >= 4 is 5.69 Å². The van der Waals surface area contributed by atoms with Crippen LogP contribution in [0.2, 0.25) is 0 Å². The second-order valence-electron chi connectivity index (χ2n) is 6.89. The molecule has 1 aliphatic rings. The number of H-pyrrole nitrogens is 1. The molecular weight excluding hydrogens is 359 g/mol. The van der Waals surface area contributed by atoms with Crippen LogP contribution in [0, 0.1) is 5.82 Å². The van der Waals surface area contributed by atoms with E-state index in [1.165, 1.54) is 13.2 Å². The van der Waals surface area contributed by atoms with Crippen molar-refractivity contribution in [1.82, 2.24) is 14.9 Å². The number of halogens is 1. The molecular formula is C21H21FN4O2. The lowest BCUT2D eigenvalue weighted by Crippen LogP contribution is -2.35. The van der Waals surface area contributed by atoms with E-state index in [1.54, 1.807) is 18.2 Å². The van der Waals surface area contributed by atoms with Crippen LogP contribution in [0.3, 0.4) is 0 Å². The molecule has 3 N–H and O–H groups in total. The first kappa shape index (κ1) is 18.2. The highest BCUT2D eigenvalue weighted by Crippen LogP contribution is 2.23. The van der Waals surface area contributed by atoms with Crippen molar-refractivity contribution in [2.45, 2.75) is 19.5 Å². The maximum atomic E-state index is 14.0. The molecule has 28 heavy (non-hydrogen) atoms. The first-order chi connectivity index (χ1) is 13.5. The Morgan fingerprint density at radius 2 is 2.04 bits per heavy atom. The number of methoxy groups -OCH3 is 1. The number of rotatable bonds is 4. The fraction of sp³-hybridized carbons (Fsp3) is 0.238. The maximum Gasteiger partial charge on any atom is 0.254 e. The Morgan fingerprint density at radius 3 is 2.75 bits per heavy atom. The van der Waals surface area contributed by atoms with Gasteiger partial charge in [0.25, 0.3) is 5.56 Å². The van der Waals surface area contributed by atoms with Crippen LogP contribution in [-0.4, -0.2) is 28.5 Å². The van der Waals surface area contributed by atoms with Crippen molar-refractivity contribution in [3.05, 3.63) is 75.5 Å². The molecule has 1 aliphatic heterocycles. The zero-order valence-corrected chi connectivity index (χ0v) is 15.5. The van der Waals surface area contributed by atoms with Gasteiger partial charge < -0.3 is 15.5 Å². The number of benzene rings is 2. The van der Waals surface area contributed by atoms with Gasteiger partial charge in [-0.2, -0.15) is 0 Å². The minimum Gasteiger partial charge on any atom is -0.494 e. The average molecular weight is 380 g/mol. The number of anilines is 1. The molecule has 0 bridgehead atoms. The number of hydrogen-bond acceptors (Lipinski definition) is 5. The number of nitrogens with one attached hydrogen (secondary N) is 1. The first-order valence-electron chi connectivity index (χ1n) is 9.06. The highest BCUT2D eigenvalue weighted by molar-refractivity contribution is 5.58. The number of aromatic amines is 1. The Bertz CT molecular complexity index is 1060. The first-order valence-corrected chi connectivity index (χ1v) is 9.06. The van der Waals surface area contributed by atoms with Crippen molar-refractivity contribution in [2.75, 3.05) is 19.4 Å². The number of fused-ring (bicyclic) bond motifs is 1. The molecule has 0 radical (unpaired) electrons. The minimum atomic E-state index is -0.377. The summed E-state index contributed by atoms with van der Waals surface area (Å²) in [5.41, 5.74) is 9.42. The van der Waals surface area contributed by atoms with Crippen molar-refractivity contribution in [2.24, 2.45) is 0 Å². The zero-order valence-electron chi connectivity index (χ0n) is 15.5. The molecule has 0 saturated carbocycles. The van der Waals surface area contributed by atoms with E-state index in [0.29, 0.717) is 37.6 Å². The van der Waals surface area contributed by atoms with Gasteiger partial charge in [-0.1, -0.05) is 6.07 Å². The molecule has 0 fully saturated rings. The molecule has 0 aliphatic carbocycles. The van der Waals surface area contributed by atoms with E-state index in [0.717, 1.165) is 22.4 Å². The fourth-order valence-corrected chi connectivity index (χ4v) is 3.47. The van der Waals surface area contributed by atoms with Gasteiger partial charge in [0.1, 0.15) is 5.82 Å². The topological polar surface area (TPSA) is 84.2 Å². The van der Waals surface area contributed by atoms with Crippen LogP contribution in [0.4, 0.5) is 10.1 Å². The van der Waals surface area contributed by atoms with Crippen LogP contribution in [0.15, 0.2) is 47.3 Å². The summed E-state index contributed by atoms with van der Waals surface area (Å²) < 4.78 is 18.9. The lowest BCUT2D eigenvalue weighted by Gasteiger charge is -2.27. The summed E-state index contributed by atoms with van der Waals surface area (Å²) >= 11 is 0. The van der Waals surface area contributed by atoms with E-state index >= 15 is 0 Å². The largest absolute Gasteiger partial charge is 0.494 e. The summed E-state index contributed by atoms with van der Waals surface area (Å²) in [4.78, 5) is 22.2. The smallest absolute Gasteiger partial charge is 0.254 e. The third-order valence-corrected chi connectivity index (χ3v) is 4.96. The molecule has 144 valence electrons. The van der Waals surface area contributed by atoms with Gasteiger partial charge in [-0.15, -0.1) is 0 Å². The number of nitrogen functional groups attached to an aromatic ring is 1. The van der Waals surface area contributed by atoms with Crippen LogP contribution in [0.5, 0.6) is 5.75 Å². The lowest BCUT2D eigenvalue weighted by atomic mass is 10.0. The number of aromatic nitrogens is 2. The quantitative estimate of drug-likeness (QED) is 0.680. The molecule has 2 aromatic carbocycles. The lowest BCUT2D eigenvalue weighted by molar-refractivity contribution is 0.240. The van der Waals surface area contributed by atoms with Gasteiger partial charge in [0, 0.05) is 36.4 Å². The average Bonchev–Trinajstić information content (AvgIpc) is 2.68. The molecule has 0 amide bonds. The van der Waals surface area contributed by atoms with Gasteiger partial charge in [-0.05, 0) is 48.4 Å². The second kappa shape index (κ2) is 7.44. The monoisotopic (exact) mass is 380 g/mol. The normalized spacial score (nSPS) is 13.9. The Balaban J connectivity index is 1.58. The number of ether oxygens (including phenoxy) is 1. The van der Waals surface area contributed by atoms with Crippen molar-refractivity contribution < 1.29 is 9.13 Å². The van der Waals surface area contributed by atoms with Gasteiger partial charge in [0.2, 0.25) is 0 Å². The summed E-state index contributed by atoms with van der Waals surface area (Å²) in [7, 11) is 1.45. The van der Waals surface area contributed by atoms with Gasteiger partial charge in [0.15, 0.2) is 11.6 Å². The van der Waals surface area contributed by atoms with Gasteiger partial charge >= 0.3 is 0 Å². The van der Waals surface area contributed by atoms with E-state index in [4.69, 9.17) is 10.5 Å². The predicted octanol–water partition coefficient (Wildman–Crippen LogP) is 2.73. The molecule has 3 aromatic rings. The Hall–Kier alpha value is -3.19. The molecule has 0 atom stereocenters. The van der Waals surface area contributed by atoms with Gasteiger partial charge in [0.05, 0.1) is 12.8 Å². The van der Waals surface area contributed by atoms with Crippen LogP contribution in [-0.2, 0) is 19.5 Å². The van der Waals surface area contributed by atoms with E-state index < -0.39 is 0 Å². The Kier molecular flexibility index (Phi) is 4.83. The van der Waals surface area contributed by atoms with E-state index in [1.807, 2.05) is 18.2 Å². The SMILES string of the molecule is COc1ccc(CN2CCc3c(nc(-c4ccc(N)cc4)[nH]c3=O)C2)cc1F. The summed E-state index contributed by atoms with van der Waals surface area (Å²) in [5, 5.41) is 0. The number of nitrogens with two attached hydrogens (primary N) is 1. The van der Waals surface area contributed by atoms with Crippen LogP contribution in [0.25, 0.3) is 11.4 Å². The third-order valence-electron chi connectivity index (χ3n) is 4.96. The van der Waals surface area contributed by atoms with E-state index in [-0.39, 0.29) is 17.1 Å². The molecule has 0 saturated heterocycles. The van der Waals surface area contributed by atoms with E-state index in [9.17, 15) is 9.18 Å². The predicted molar refractivity (Wildman–Crippen MR) is 105 cm³/mol. The summed E-state index contributed by atoms with van der Waals surface area (Å²) in [5.74, 6) is 0.382. The zero-order chi connectivity index (χ0) is 19.7. The highest BCUT2D eigenvalue weighted by atomic mass is 19.1. The molecule has 1 aromatic heterocycles. The molecule has 2 heterocycles. The van der Waals surface area contributed by atoms with Gasteiger partial charge in [-0.25, -0.2) is 9.37 Å². The second-order valence-corrected chi connectivity index (χ2v) is 6.89. The van der Waals surface area contributed by atoms with Crippen LogP contribution < -0.4 is 16.0 Å². The summed E-state index contributed by atoms with van der Waals surface area (Å²) in [6.45, 7) is 1.83. The van der Waals surface area contributed by atoms with E-state index in [2.05, 4.69) is 14.9 Å². The Labute approximate surface area is 161 Å². The number of hydrogen-bond donors (Lipinski definition) is 2. The maximum absolute atomic E-state index is 14.0. The molecule has 0 unspecified atom stereocenters. The van der Waals surface area contributed by atoms with Crippen molar-refractivity contribution in [3.63, 3.8) is 0 Å². The van der Waals surface area contributed by atoms with Crippen molar-refractivity contribution in [3.8, 4) is 17.1 Å². The molecule has 0 spiro atoms.